The van der Waals surface area contributed by atoms with E-state index in [9.17, 15) is 27.6 Å². The minimum Gasteiger partial charge on any atom is -0.493 e. The van der Waals surface area contributed by atoms with E-state index in [1.807, 2.05) is 0 Å². The van der Waals surface area contributed by atoms with Gasteiger partial charge in [0.05, 0.1) is 36.4 Å². The second-order valence-electron chi connectivity index (χ2n) is 8.82. The first kappa shape index (κ1) is 23.7. The fourth-order valence-electron chi connectivity index (χ4n) is 5.49. The van der Waals surface area contributed by atoms with Crippen LogP contribution < -0.4 is 9.64 Å². The molecular weight excluding hydrogens is 533 g/mol. The van der Waals surface area contributed by atoms with Crippen LogP contribution in [-0.4, -0.2) is 41.6 Å². The SMILES string of the molecule is CCOC(=O)C1C2COc3ccc(Br)cc3C2N2C(=O)N(c3ccc(C(F)(F)F)cc3)C(=O)[C@@]12C. The summed E-state index contributed by atoms with van der Waals surface area (Å²) in [7, 11) is 0. The van der Waals surface area contributed by atoms with Gasteiger partial charge in [-0.05, 0) is 56.3 Å². The molecule has 3 aliphatic heterocycles. The Morgan fingerprint density at radius 2 is 1.89 bits per heavy atom. The molecule has 3 amide bonds. The van der Waals surface area contributed by atoms with Gasteiger partial charge in [0, 0.05) is 16.0 Å². The summed E-state index contributed by atoms with van der Waals surface area (Å²) in [5.41, 5.74) is -1.90. The molecule has 0 aliphatic carbocycles. The molecule has 0 saturated carbocycles. The molecule has 5 rings (SSSR count). The molecule has 3 aliphatic rings. The number of ether oxygens (including phenoxy) is 2. The number of rotatable bonds is 3. The van der Waals surface area contributed by atoms with E-state index in [0.717, 1.165) is 33.6 Å². The highest BCUT2D eigenvalue weighted by Crippen LogP contribution is 2.58. The van der Waals surface area contributed by atoms with Crippen LogP contribution in [0.2, 0.25) is 0 Å². The van der Waals surface area contributed by atoms with Crippen molar-refractivity contribution < 1.29 is 37.0 Å². The number of anilines is 1. The van der Waals surface area contributed by atoms with Gasteiger partial charge in [0.15, 0.2) is 0 Å². The normalized spacial score (nSPS) is 27.3. The fourth-order valence-corrected chi connectivity index (χ4v) is 5.87. The Morgan fingerprint density at radius 1 is 1.20 bits per heavy atom. The van der Waals surface area contributed by atoms with Crippen LogP contribution in [0.15, 0.2) is 46.9 Å². The summed E-state index contributed by atoms with van der Waals surface area (Å²) < 4.78 is 51.1. The van der Waals surface area contributed by atoms with E-state index in [2.05, 4.69) is 15.9 Å². The first-order valence-electron chi connectivity index (χ1n) is 10.9. The van der Waals surface area contributed by atoms with Crippen LogP contribution in [0, 0.1) is 11.8 Å². The average Bonchev–Trinajstić information content (AvgIpc) is 3.18. The summed E-state index contributed by atoms with van der Waals surface area (Å²) in [5.74, 6) is -2.40. The smallest absolute Gasteiger partial charge is 0.416 e. The van der Waals surface area contributed by atoms with Crippen LogP contribution in [0.3, 0.4) is 0 Å². The first-order chi connectivity index (χ1) is 16.5. The maximum absolute atomic E-state index is 13.8. The molecular formula is C24H20BrF3N2O5. The Morgan fingerprint density at radius 3 is 2.51 bits per heavy atom. The van der Waals surface area contributed by atoms with Gasteiger partial charge in [0.25, 0.3) is 5.91 Å². The summed E-state index contributed by atoms with van der Waals surface area (Å²) in [6.45, 7) is 3.32. The number of benzene rings is 2. The molecule has 2 aromatic carbocycles. The number of carbonyl (C=O) groups is 3. The minimum atomic E-state index is -4.56. The number of imide groups is 1. The Balaban J connectivity index is 1.64. The van der Waals surface area contributed by atoms with Gasteiger partial charge >= 0.3 is 18.2 Å². The zero-order valence-corrected chi connectivity index (χ0v) is 20.2. The van der Waals surface area contributed by atoms with E-state index in [0.29, 0.717) is 11.3 Å². The zero-order valence-electron chi connectivity index (χ0n) is 18.6. The van der Waals surface area contributed by atoms with Gasteiger partial charge in [-0.2, -0.15) is 13.2 Å². The summed E-state index contributed by atoms with van der Waals surface area (Å²) in [6, 6.07) is 7.69. The molecule has 0 radical (unpaired) electrons. The van der Waals surface area contributed by atoms with E-state index in [1.165, 1.54) is 11.8 Å². The molecule has 3 heterocycles. The molecule has 35 heavy (non-hydrogen) atoms. The Bertz CT molecular complexity index is 1230. The van der Waals surface area contributed by atoms with Crippen molar-refractivity contribution in [1.82, 2.24) is 4.90 Å². The van der Waals surface area contributed by atoms with Crippen LogP contribution >= 0.6 is 15.9 Å². The molecule has 0 aromatic heterocycles. The van der Waals surface area contributed by atoms with E-state index in [1.54, 1.807) is 25.1 Å². The van der Waals surface area contributed by atoms with Crippen molar-refractivity contribution in [3.63, 3.8) is 0 Å². The lowest BCUT2D eigenvalue weighted by atomic mass is 9.77. The highest BCUT2D eigenvalue weighted by Gasteiger charge is 2.72. The van der Waals surface area contributed by atoms with Crippen molar-refractivity contribution >= 4 is 39.5 Å². The number of amides is 3. The predicted octanol–water partition coefficient (Wildman–Crippen LogP) is 4.94. The molecule has 11 heteroatoms. The number of hydrogen-bond donors (Lipinski definition) is 0. The lowest BCUT2D eigenvalue weighted by molar-refractivity contribution is -0.154. The summed E-state index contributed by atoms with van der Waals surface area (Å²) >= 11 is 3.42. The number of halogens is 4. The Labute approximate surface area is 206 Å². The fraction of sp³-hybridized carbons (Fsp3) is 0.375. The first-order valence-corrected chi connectivity index (χ1v) is 11.7. The van der Waals surface area contributed by atoms with Crippen LogP contribution in [0.5, 0.6) is 5.75 Å². The van der Waals surface area contributed by atoms with Gasteiger partial charge in [0.1, 0.15) is 11.3 Å². The van der Waals surface area contributed by atoms with Gasteiger partial charge < -0.3 is 14.4 Å². The molecule has 184 valence electrons. The molecule has 3 unspecified atom stereocenters. The molecule has 4 atom stereocenters. The second kappa shape index (κ2) is 7.97. The van der Waals surface area contributed by atoms with E-state index in [-0.39, 0.29) is 18.9 Å². The minimum absolute atomic E-state index is 0.00990. The van der Waals surface area contributed by atoms with Crippen LogP contribution in [0.1, 0.15) is 31.0 Å². The molecule has 0 bridgehead atoms. The Hall–Kier alpha value is -3.08. The van der Waals surface area contributed by atoms with Crippen molar-refractivity contribution in [2.24, 2.45) is 11.8 Å². The van der Waals surface area contributed by atoms with Crippen molar-refractivity contribution in [2.75, 3.05) is 18.1 Å². The number of nitrogens with zero attached hydrogens (tertiary/aromatic N) is 2. The van der Waals surface area contributed by atoms with Crippen LogP contribution in [-0.2, 0) is 20.5 Å². The van der Waals surface area contributed by atoms with E-state index >= 15 is 0 Å². The van der Waals surface area contributed by atoms with Gasteiger partial charge in [0.2, 0.25) is 0 Å². The van der Waals surface area contributed by atoms with Crippen LogP contribution in [0.4, 0.5) is 23.7 Å². The standard InChI is InChI=1S/C24H20BrF3N2O5/c1-3-34-20(31)18-16-11-35-17-9-6-13(25)10-15(17)19(16)30-22(33)29(21(32)23(18,30)2)14-7-4-12(5-8-14)24(26,27)28/h4-10,16,18-19H,3,11H2,1-2H3/t16?,18?,19?,23-/m1/s1. The second-order valence-corrected chi connectivity index (χ2v) is 9.73. The topological polar surface area (TPSA) is 76.2 Å². The number of hydrogen-bond acceptors (Lipinski definition) is 5. The van der Waals surface area contributed by atoms with Crippen molar-refractivity contribution in [1.29, 1.82) is 0 Å². The number of urea groups is 1. The third kappa shape index (κ3) is 3.35. The highest BCUT2D eigenvalue weighted by atomic mass is 79.9. The maximum Gasteiger partial charge on any atom is 0.416 e. The molecule has 7 nitrogen and oxygen atoms in total. The molecule has 0 spiro atoms. The van der Waals surface area contributed by atoms with Crippen molar-refractivity contribution in [3.8, 4) is 5.75 Å². The number of carbonyl (C=O) groups excluding carboxylic acids is 3. The molecule has 2 saturated heterocycles. The van der Waals surface area contributed by atoms with Crippen LogP contribution in [0.25, 0.3) is 0 Å². The lowest BCUT2D eigenvalue weighted by Gasteiger charge is -2.34. The number of fused-ring (bicyclic) bond motifs is 5. The van der Waals surface area contributed by atoms with Gasteiger partial charge in [-0.15, -0.1) is 0 Å². The highest BCUT2D eigenvalue weighted by molar-refractivity contribution is 9.10. The average molecular weight is 553 g/mol. The quantitative estimate of drug-likeness (QED) is 0.398. The van der Waals surface area contributed by atoms with Gasteiger partial charge in [-0.1, -0.05) is 15.9 Å². The Kier molecular flexibility index (Phi) is 5.39. The summed E-state index contributed by atoms with van der Waals surface area (Å²) in [5, 5.41) is 0. The number of alkyl halides is 3. The van der Waals surface area contributed by atoms with Crippen molar-refractivity contribution in [2.45, 2.75) is 31.6 Å². The van der Waals surface area contributed by atoms with Crippen molar-refractivity contribution in [3.05, 3.63) is 58.1 Å². The van der Waals surface area contributed by atoms with E-state index < -0.39 is 53.1 Å². The van der Waals surface area contributed by atoms with E-state index in [4.69, 9.17) is 9.47 Å². The third-order valence-electron chi connectivity index (χ3n) is 6.97. The van der Waals surface area contributed by atoms with Gasteiger partial charge in [-0.3, -0.25) is 9.59 Å². The predicted molar refractivity (Wildman–Crippen MR) is 121 cm³/mol. The molecule has 0 N–H and O–H groups in total. The summed E-state index contributed by atoms with van der Waals surface area (Å²) in [4.78, 5) is 43.0. The molecule has 2 aromatic rings. The summed E-state index contributed by atoms with van der Waals surface area (Å²) in [6.07, 6.45) is -4.56. The maximum atomic E-state index is 13.8. The monoisotopic (exact) mass is 552 g/mol. The largest absolute Gasteiger partial charge is 0.493 e. The van der Waals surface area contributed by atoms with Gasteiger partial charge in [-0.25, -0.2) is 9.69 Å². The molecule has 2 fully saturated rings. The lowest BCUT2D eigenvalue weighted by Crippen LogP contribution is -2.51. The zero-order chi connectivity index (χ0) is 25.3. The number of esters is 1. The third-order valence-corrected chi connectivity index (χ3v) is 7.46.